The minimum absolute atomic E-state index is 0.143. The largest absolute Gasteiger partial charge is 0.355 e. The first-order valence-electron chi connectivity index (χ1n) is 4.80. The molecule has 0 fully saturated rings. The Morgan fingerprint density at radius 2 is 2.14 bits per heavy atom. The standard InChI is InChI=1S/C10H19N3O/c1-10(2,3)8(12)9(14)13-7-5-4-6-11/h8H,4-5,7,12H2,1-3H3,(H,13,14)/t8-/m0/s1. The summed E-state index contributed by atoms with van der Waals surface area (Å²) in [5.74, 6) is -0.143. The van der Waals surface area contributed by atoms with E-state index in [4.69, 9.17) is 11.0 Å². The Morgan fingerprint density at radius 3 is 2.57 bits per heavy atom. The molecule has 0 aliphatic carbocycles. The molecule has 0 aromatic rings. The average Bonchev–Trinajstić information content (AvgIpc) is 2.09. The van der Waals surface area contributed by atoms with E-state index in [-0.39, 0.29) is 11.3 Å². The second-order valence-electron chi connectivity index (χ2n) is 4.40. The minimum atomic E-state index is -0.496. The van der Waals surface area contributed by atoms with E-state index in [1.165, 1.54) is 0 Å². The number of nitrogens with zero attached hydrogens (tertiary/aromatic N) is 1. The van der Waals surface area contributed by atoms with Crippen LogP contribution in [-0.2, 0) is 4.79 Å². The molecule has 0 rings (SSSR count). The van der Waals surface area contributed by atoms with Crippen molar-refractivity contribution < 1.29 is 4.79 Å². The lowest BCUT2D eigenvalue weighted by Gasteiger charge is -2.25. The van der Waals surface area contributed by atoms with Gasteiger partial charge in [-0.15, -0.1) is 0 Å². The van der Waals surface area contributed by atoms with Gasteiger partial charge >= 0.3 is 0 Å². The summed E-state index contributed by atoms with van der Waals surface area (Å²) in [7, 11) is 0. The van der Waals surface area contributed by atoms with E-state index in [0.29, 0.717) is 19.4 Å². The lowest BCUT2D eigenvalue weighted by molar-refractivity contribution is -0.124. The Balaban J connectivity index is 3.81. The van der Waals surface area contributed by atoms with Crippen molar-refractivity contribution in [3.63, 3.8) is 0 Å². The van der Waals surface area contributed by atoms with Crippen molar-refractivity contribution in [1.82, 2.24) is 5.32 Å². The van der Waals surface area contributed by atoms with E-state index in [2.05, 4.69) is 5.32 Å². The number of hydrogen-bond donors (Lipinski definition) is 2. The SMILES string of the molecule is CC(C)(C)[C@@H](N)C(=O)NCCCC#N. The summed E-state index contributed by atoms with van der Waals surface area (Å²) in [6.07, 6.45) is 1.14. The number of carbonyl (C=O) groups is 1. The molecule has 0 saturated carbocycles. The zero-order valence-electron chi connectivity index (χ0n) is 9.13. The summed E-state index contributed by atoms with van der Waals surface area (Å²) in [6, 6.07) is 1.52. The van der Waals surface area contributed by atoms with Crippen LogP contribution in [0, 0.1) is 16.7 Å². The third-order valence-electron chi connectivity index (χ3n) is 1.98. The molecule has 0 heterocycles. The number of nitrogens with one attached hydrogen (secondary N) is 1. The Morgan fingerprint density at radius 1 is 1.57 bits per heavy atom. The van der Waals surface area contributed by atoms with Crippen LogP contribution < -0.4 is 11.1 Å². The van der Waals surface area contributed by atoms with Crippen LogP contribution in [0.25, 0.3) is 0 Å². The number of hydrogen-bond acceptors (Lipinski definition) is 3. The van der Waals surface area contributed by atoms with E-state index in [0.717, 1.165) is 0 Å². The van der Waals surface area contributed by atoms with Crippen molar-refractivity contribution in [2.45, 2.75) is 39.7 Å². The Labute approximate surface area is 85.5 Å². The van der Waals surface area contributed by atoms with Gasteiger partial charge in [-0.25, -0.2) is 0 Å². The molecule has 0 unspecified atom stereocenters. The van der Waals surface area contributed by atoms with Gasteiger partial charge < -0.3 is 11.1 Å². The quantitative estimate of drug-likeness (QED) is 0.654. The lowest BCUT2D eigenvalue weighted by Crippen LogP contribution is -2.48. The van der Waals surface area contributed by atoms with Gasteiger partial charge in [0.2, 0.25) is 5.91 Å². The molecule has 0 aromatic heterocycles. The first-order valence-corrected chi connectivity index (χ1v) is 4.80. The number of nitrogens with two attached hydrogens (primary N) is 1. The van der Waals surface area contributed by atoms with Gasteiger partial charge in [0.15, 0.2) is 0 Å². The average molecular weight is 197 g/mol. The van der Waals surface area contributed by atoms with Crippen LogP contribution in [0.1, 0.15) is 33.6 Å². The Hall–Kier alpha value is -1.08. The summed E-state index contributed by atoms with van der Waals surface area (Å²) in [6.45, 7) is 6.29. The fourth-order valence-corrected chi connectivity index (χ4v) is 0.882. The summed E-state index contributed by atoms with van der Waals surface area (Å²) in [5.41, 5.74) is 5.51. The van der Waals surface area contributed by atoms with Gasteiger partial charge in [0, 0.05) is 13.0 Å². The summed E-state index contributed by atoms with van der Waals surface area (Å²) in [5, 5.41) is 11.0. The predicted molar refractivity (Wildman–Crippen MR) is 55.3 cm³/mol. The van der Waals surface area contributed by atoms with E-state index in [1.807, 2.05) is 26.8 Å². The summed E-state index contributed by atoms with van der Waals surface area (Å²) in [4.78, 5) is 11.4. The maximum atomic E-state index is 11.4. The molecule has 0 aliphatic heterocycles. The number of rotatable bonds is 4. The molecule has 1 atom stereocenters. The molecular weight excluding hydrogens is 178 g/mol. The van der Waals surface area contributed by atoms with E-state index >= 15 is 0 Å². The van der Waals surface area contributed by atoms with Crippen molar-refractivity contribution in [2.75, 3.05) is 6.54 Å². The smallest absolute Gasteiger partial charge is 0.237 e. The molecule has 80 valence electrons. The second-order valence-corrected chi connectivity index (χ2v) is 4.40. The number of amides is 1. The van der Waals surface area contributed by atoms with E-state index < -0.39 is 6.04 Å². The highest BCUT2D eigenvalue weighted by Gasteiger charge is 2.26. The second kappa shape index (κ2) is 5.61. The van der Waals surface area contributed by atoms with Crippen LogP contribution >= 0.6 is 0 Å². The van der Waals surface area contributed by atoms with Gasteiger partial charge in [-0.1, -0.05) is 20.8 Å². The van der Waals surface area contributed by atoms with Gasteiger partial charge in [-0.05, 0) is 11.8 Å². The molecule has 0 bridgehead atoms. The molecule has 3 N–H and O–H groups in total. The van der Waals surface area contributed by atoms with Crippen molar-refractivity contribution in [2.24, 2.45) is 11.1 Å². The fraction of sp³-hybridized carbons (Fsp3) is 0.800. The first-order chi connectivity index (χ1) is 6.39. The van der Waals surface area contributed by atoms with Gasteiger partial charge in [0.05, 0.1) is 12.1 Å². The molecule has 4 heteroatoms. The van der Waals surface area contributed by atoms with Crippen molar-refractivity contribution in [3.8, 4) is 6.07 Å². The Kier molecular flexibility index (Phi) is 5.18. The molecule has 0 spiro atoms. The highest BCUT2D eigenvalue weighted by atomic mass is 16.2. The molecule has 0 aliphatic rings. The maximum Gasteiger partial charge on any atom is 0.237 e. The third kappa shape index (κ3) is 4.83. The van der Waals surface area contributed by atoms with Crippen LogP contribution in [0.15, 0.2) is 0 Å². The zero-order valence-corrected chi connectivity index (χ0v) is 9.13. The van der Waals surface area contributed by atoms with E-state index in [9.17, 15) is 4.79 Å². The number of nitriles is 1. The fourth-order valence-electron chi connectivity index (χ4n) is 0.882. The normalized spacial score (nSPS) is 13.1. The van der Waals surface area contributed by atoms with Gasteiger partial charge in [-0.2, -0.15) is 5.26 Å². The van der Waals surface area contributed by atoms with Crippen LogP contribution in [-0.4, -0.2) is 18.5 Å². The Bertz CT molecular complexity index is 225. The zero-order chi connectivity index (χ0) is 11.2. The van der Waals surface area contributed by atoms with Gasteiger partial charge in [0.1, 0.15) is 0 Å². The maximum absolute atomic E-state index is 11.4. The number of carbonyl (C=O) groups excluding carboxylic acids is 1. The third-order valence-corrected chi connectivity index (χ3v) is 1.98. The van der Waals surface area contributed by atoms with Crippen LogP contribution in [0.4, 0.5) is 0 Å². The van der Waals surface area contributed by atoms with Crippen molar-refractivity contribution >= 4 is 5.91 Å². The van der Waals surface area contributed by atoms with Crippen LogP contribution in [0.5, 0.6) is 0 Å². The molecular formula is C10H19N3O. The monoisotopic (exact) mass is 197 g/mol. The summed E-state index contributed by atoms with van der Waals surface area (Å²) < 4.78 is 0. The van der Waals surface area contributed by atoms with E-state index in [1.54, 1.807) is 0 Å². The van der Waals surface area contributed by atoms with Crippen molar-refractivity contribution in [3.05, 3.63) is 0 Å². The van der Waals surface area contributed by atoms with Crippen LogP contribution in [0.2, 0.25) is 0 Å². The van der Waals surface area contributed by atoms with Gasteiger partial charge in [-0.3, -0.25) is 4.79 Å². The lowest BCUT2D eigenvalue weighted by atomic mass is 9.87. The van der Waals surface area contributed by atoms with Gasteiger partial charge in [0.25, 0.3) is 0 Å². The topological polar surface area (TPSA) is 78.9 Å². The predicted octanol–water partition coefficient (Wildman–Crippen LogP) is 0.780. The molecule has 4 nitrogen and oxygen atoms in total. The summed E-state index contributed by atoms with van der Waals surface area (Å²) >= 11 is 0. The molecule has 0 radical (unpaired) electrons. The molecule has 1 amide bonds. The first kappa shape index (κ1) is 12.9. The van der Waals surface area contributed by atoms with Crippen molar-refractivity contribution in [1.29, 1.82) is 5.26 Å². The minimum Gasteiger partial charge on any atom is -0.355 e. The highest BCUT2D eigenvalue weighted by molar-refractivity contribution is 5.82. The van der Waals surface area contributed by atoms with Crippen LogP contribution in [0.3, 0.4) is 0 Å². The molecule has 0 saturated heterocycles. The number of unbranched alkanes of at least 4 members (excludes halogenated alkanes) is 1. The highest BCUT2D eigenvalue weighted by Crippen LogP contribution is 2.16. The molecule has 0 aromatic carbocycles. The molecule has 14 heavy (non-hydrogen) atoms.